The quantitative estimate of drug-likeness (QED) is 0.860. The predicted molar refractivity (Wildman–Crippen MR) is 84.2 cm³/mol. The summed E-state index contributed by atoms with van der Waals surface area (Å²) in [5, 5.41) is 9.74. The lowest BCUT2D eigenvalue weighted by Crippen LogP contribution is -2.51. The van der Waals surface area contributed by atoms with Crippen LogP contribution < -0.4 is 0 Å². The number of fused-ring (bicyclic) bond motifs is 2. The number of carboxylic acids is 1. The summed E-state index contributed by atoms with van der Waals surface area (Å²) in [6.45, 7) is 6.65. The zero-order valence-corrected chi connectivity index (χ0v) is 13.4. The molecule has 2 aliphatic carbocycles. The molecule has 0 aromatic heterocycles. The van der Waals surface area contributed by atoms with Crippen molar-refractivity contribution >= 4 is 5.97 Å². The molecule has 1 N–H and O–H groups in total. The highest BCUT2D eigenvalue weighted by Crippen LogP contribution is 2.61. The van der Waals surface area contributed by atoms with Gasteiger partial charge in [-0.25, -0.2) is 0 Å². The number of hydrogen-bond acceptors (Lipinski definition) is 1. The van der Waals surface area contributed by atoms with Crippen LogP contribution in [-0.2, 0) is 10.2 Å². The van der Waals surface area contributed by atoms with Gasteiger partial charge in [0, 0.05) is 0 Å². The Morgan fingerprint density at radius 1 is 1.05 bits per heavy atom. The van der Waals surface area contributed by atoms with Crippen LogP contribution in [0.5, 0.6) is 0 Å². The minimum absolute atomic E-state index is 0.0407. The van der Waals surface area contributed by atoms with E-state index in [0.717, 1.165) is 32.1 Å². The van der Waals surface area contributed by atoms with Gasteiger partial charge in [-0.15, -0.1) is 0 Å². The molecule has 2 aliphatic rings. The zero-order chi connectivity index (χ0) is 15.3. The molecular formula is C19H26O2. The molecule has 0 aliphatic heterocycles. The van der Waals surface area contributed by atoms with Crippen molar-refractivity contribution in [1.29, 1.82) is 0 Å². The molecule has 114 valence electrons. The summed E-state index contributed by atoms with van der Waals surface area (Å²) in [4.78, 5) is 11.8. The molecule has 2 saturated carbocycles. The maximum Gasteiger partial charge on any atom is 0.309 e. The van der Waals surface area contributed by atoms with E-state index in [0.29, 0.717) is 11.3 Å². The SMILES string of the molecule is CC1(C)CC2CC(C)(C(=O)O)CC(c3ccccc3)(C2)C1. The van der Waals surface area contributed by atoms with Crippen molar-refractivity contribution < 1.29 is 9.90 Å². The molecule has 3 unspecified atom stereocenters. The molecule has 3 rings (SSSR count). The first-order chi connectivity index (χ1) is 9.75. The number of benzene rings is 1. The van der Waals surface area contributed by atoms with Gasteiger partial charge in [0.2, 0.25) is 0 Å². The fourth-order valence-corrected chi connectivity index (χ4v) is 5.48. The van der Waals surface area contributed by atoms with Crippen LogP contribution in [0, 0.1) is 16.7 Å². The van der Waals surface area contributed by atoms with E-state index in [1.54, 1.807) is 0 Å². The second-order valence-corrected chi connectivity index (χ2v) is 8.51. The first kappa shape index (κ1) is 14.6. The van der Waals surface area contributed by atoms with Crippen LogP contribution in [0.4, 0.5) is 0 Å². The van der Waals surface area contributed by atoms with Crippen LogP contribution >= 0.6 is 0 Å². The van der Waals surface area contributed by atoms with Crippen molar-refractivity contribution in [3.05, 3.63) is 35.9 Å². The van der Waals surface area contributed by atoms with Crippen molar-refractivity contribution in [3.63, 3.8) is 0 Å². The third-order valence-corrected chi connectivity index (χ3v) is 5.71. The third-order valence-electron chi connectivity index (χ3n) is 5.71. The van der Waals surface area contributed by atoms with Gasteiger partial charge in [0.1, 0.15) is 0 Å². The Kier molecular flexibility index (Phi) is 3.20. The minimum atomic E-state index is -0.618. The van der Waals surface area contributed by atoms with Crippen LogP contribution in [0.1, 0.15) is 58.4 Å². The Bertz CT molecular complexity index is 548. The van der Waals surface area contributed by atoms with E-state index in [1.165, 1.54) is 5.56 Å². The normalized spacial score (nSPS) is 38.0. The summed E-state index contributed by atoms with van der Waals surface area (Å²) >= 11 is 0. The molecule has 2 fully saturated rings. The van der Waals surface area contributed by atoms with Crippen LogP contribution in [0.2, 0.25) is 0 Å². The van der Waals surface area contributed by atoms with E-state index in [4.69, 9.17) is 0 Å². The number of aliphatic carboxylic acids is 1. The Morgan fingerprint density at radius 2 is 1.71 bits per heavy atom. The molecule has 0 heterocycles. The van der Waals surface area contributed by atoms with Gasteiger partial charge < -0.3 is 5.11 Å². The number of rotatable bonds is 2. The van der Waals surface area contributed by atoms with Crippen molar-refractivity contribution in [2.45, 2.75) is 58.3 Å². The summed E-state index contributed by atoms with van der Waals surface area (Å²) in [6.07, 6.45) is 5.02. The second-order valence-electron chi connectivity index (χ2n) is 8.51. The van der Waals surface area contributed by atoms with Gasteiger partial charge in [-0.2, -0.15) is 0 Å². The van der Waals surface area contributed by atoms with Gasteiger partial charge in [0.05, 0.1) is 5.41 Å². The molecule has 0 amide bonds. The first-order valence-electron chi connectivity index (χ1n) is 8.04. The van der Waals surface area contributed by atoms with Crippen molar-refractivity contribution in [2.75, 3.05) is 0 Å². The molecule has 2 nitrogen and oxygen atoms in total. The number of carbonyl (C=O) groups is 1. The Morgan fingerprint density at radius 3 is 2.33 bits per heavy atom. The summed E-state index contributed by atoms with van der Waals surface area (Å²) in [6, 6.07) is 10.6. The van der Waals surface area contributed by atoms with E-state index in [1.807, 2.05) is 13.0 Å². The van der Waals surface area contributed by atoms with Crippen LogP contribution in [0.25, 0.3) is 0 Å². The molecule has 21 heavy (non-hydrogen) atoms. The monoisotopic (exact) mass is 286 g/mol. The van der Waals surface area contributed by atoms with Crippen LogP contribution in [-0.4, -0.2) is 11.1 Å². The average Bonchev–Trinajstić information content (AvgIpc) is 2.36. The van der Waals surface area contributed by atoms with Gasteiger partial charge >= 0.3 is 5.97 Å². The van der Waals surface area contributed by atoms with E-state index >= 15 is 0 Å². The van der Waals surface area contributed by atoms with Gasteiger partial charge in [0.25, 0.3) is 0 Å². The summed E-state index contributed by atoms with van der Waals surface area (Å²) in [5.41, 5.74) is 1.11. The molecule has 0 radical (unpaired) electrons. The average molecular weight is 286 g/mol. The van der Waals surface area contributed by atoms with E-state index in [2.05, 4.69) is 38.1 Å². The first-order valence-corrected chi connectivity index (χ1v) is 8.04. The second kappa shape index (κ2) is 4.59. The third kappa shape index (κ3) is 2.49. The lowest BCUT2D eigenvalue weighted by atomic mass is 9.47. The van der Waals surface area contributed by atoms with Crippen molar-refractivity contribution in [1.82, 2.24) is 0 Å². The Hall–Kier alpha value is -1.31. The van der Waals surface area contributed by atoms with Crippen molar-refractivity contribution in [3.8, 4) is 0 Å². The minimum Gasteiger partial charge on any atom is -0.481 e. The van der Waals surface area contributed by atoms with E-state index in [9.17, 15) is 9.90 Å². The fraction of sp³-hybridized carbons (Fsp3) is 0.632. The lowest BCUT2D eigenvalue weighted by Gasteiger charge is -2.56. The highest BCUT2D eigenvalue weighted by atomic mass is 16.4. The standard InChI is InChI=1S/C19H26O2/c1-17(2)9-14-10-18(3,16(20)21)13-19(11-14,12-17)15-7-5-4-6-8-15/h4-8,14H,9-13H2,1-3H3,(H,20,21). The van der Waals surface area contributed by atoms with Gasteiger partial charge in [-0.1, -0.05) is 44.2 Å². The highest BCUT2D eigenvalue weighted by Gasteiger charge is 2.55. The van der Waals surface area contributed by atoms with Crippen molar-refractivity contribution in [2.24, 2.45) is 16.7 Å². The molecule has 2 bridgehead atoms. The number of hydrogen-bond donors (Lipinski definition) is 1. The highest BCUT2D eigenvalue weighted by molar-refractivity contribution is 5.74. The zero-order valence-electron chi connectivity index (χ0n) is 13.4. The number of carboxylic acid groups (broad SMARTS) is 1. The fourth-order valence-electron chi connectivity index (χ4n) is 5.48. The molecule has 0 spiro atoms. The molecule has 2 heteroatoms. The summed E-state index contributed by atoms with van der Waals surface area (Å²) < 4.78 is 0. The molecule has 1 aromatic carbocycles. The largest absolute Gasteiger partial charge is 0.481 e. The molecule has 0 saturated heterocycles. The maximum atomic E-state index is 11.8. The van der Waals surface area contributed by atoms with Gasteiger partial charge in [-0.3, -0.25) is 4.79 Å². The molecular weight excluding hydrogens is 260 g/mol. The Balaban J connectivity index is 2.07. The molecule has 1 aromatic rings. The van der Waals surface area contributed by atoms with Crippen LogP contribution in [0.15, 0.2) is 30.3 Å². The smallest absolute Gasteiger partial charge is 0.309 e. The van der Waals surface area contributed by atoms with Gasteiger partial charge in [0.15, 0.2) is 0 Å². The lowest BCUT2D eigenvalue weighted by molar-refractivity contribution is -0.155. The summed E-state index contributed by atoms with van der Waals surface area (Å²) in [5.74, 6) is -0.0870. The predicted octanol–water partition coefficient (Wildman–Crippen LogP) is 4.64. The molecule has 3 atom stereocenters. The van der Waals surface area contributed by atoms with E-state index in [-0.39, 0.29) is 5.41 Å². The topological polar surface area (TPSA) is 37.3 Å². The van der Waals surface area contributed by atoms with Crippen LogP contribution in [0.3, 0.4) is 0 Å². The Labute approximate surface area is 127 Å². The van der Waals surface area contributed by atoms with Gasteiger partial charge in [-0.05, 0) is 61.3 Å². The van der Waals surface area contributed by atoms with E-state index < -0.39 is 11.4 Å². The summed E-state index contributed by atoms with van der Waals surface area (Å²) in [7, 11) is 0. The maximum absolute atomic E-state index is 11.8.